The largest absolute Gasteiger partial charge is 0.478 e. The second-order valence-electron chi connectivity index (χ2n) is 5.27. The van der Waals surface area contributed by atoms with Crippen molar-refractivity contribution in [2.75, 3.05) is 6.61 Å². The molecule has 0 atom stereocenters. The predicted octanol–water partition coefficient (Wildman–Crippen LogP) is 2.49. The quantitative estimate of drug-likeness (QED) is 0.638. The van der Waals surface area contributed by atoms with Crippen molar-refractivity contribution >= 4 is 0 Å². The van der Waals surface area contributed by atoms with Crippen LogP contribution in [0, 0.1) is 6.92 Å². The summed E-state index contributed by atoms with van der Waals surface area (Å²) in [5.74, 6) is 0.873. The van der Waals surface area contributed by atoms with Gasteiger partial charge in [0.15, 0.2) is 0 Å². The van der Waals surface area contributed by atoms with Gasteiger partial charge < -0.3 is 9.47 Å². The predicted molar refractivity (Wildman–Crippen MR) is 86.9 cm³/mol. The summed E-state index contributed by atoms with van der Waals surface area (Å²) in [5.41, 5.74) is 2.06. The topological polar surface area (TPSA) is 87.8 Å². The number of ether oxygens (including phenoxy) is 2. The van der Waals surface area contributed by atoms with Crippen molar-refractivity contribution in [3.8, 4) is 22.9 Å². The van der Waals surface area contributed by atoms with Gasteiger partial charge in [-0.2, -0.15) is 8.78 Å². The number of aromatic nitrogens is 6. The summed E-state index contributed by atoms with van der Waals surface area (Å²) in [6.07, 6.45) is 3.05. The first-order valence-electron chi connectivity index (χ1n) is 7.82. The van der Waals surface area contributed by atoms with Gasteiger partial charge in [0.1, 0.15) is 5.82 Å². The number of nitrogens with zero attached hydrogens (tertiary/aromatic N) is 6. The summed E-state index contributed by atoms with van der Waals surface area (Å²) in [7, 11) is 0. The molecule has 0 fully saturated rings. The Morgan fingerprint density at radius 1 is 1.23 bits per heavy atom. The minimum absolute atomic E-state index is 0.179. The lowest BCUT2D eigenvalue weighted by Gasteiger charge is -2.12. The molecule has 3 heterocycles. The number of aryl methyl sites for hydroxylation is 1. The van der Waals surface area contributed by atoms with Gasteiger partial charge in [-0.05, 0) is 47.5 Å². The number of alkyl halides is 2. The molecule has 0 aliphatic heterocycles. The van der Waals surface area contributed by atoms with Crippen LogP contribution in [0.4, 0.5) is 8.78 Å². The van der Waals surface area contributed by atoms with Crippen molar-refractivity contribution in [3.63, 3.8) is 0 Å². The fourth-order valence-corrected chi connectivity index (χ4v) is 2.34. The molecule has 0 aliphatic carbocycles. The Bertz CT molecular complexity index is 887. The minimum atomic E-state index is -2.95. The molecule has 136 valence electrons. The summed E-state index contributed by atoms with van der Waals surface area (Å²) in [4.78, 5) is 8.11. The van der Waals surface area contributed by atoms with E-state index in [1.54, 1.807) is 23.9 Å². The Kier molecular flexibility index (Phi) is 5.30. The first kappa shape index (κ1) is 17.6. The molecule has 3 aromatic heterocycles. The minimum Gasteiger partial charge on any atom is -0.478 e. The lowest BCUT2D eigenvalue weighted by Crippen LogP contribution is -2.06. The van der Waals surface area contributed by atoms with E-state index in [0.717, 1.165) is 5.56 Å². The van der Waals surface area contributed by atoms with Gasteiger partial charge in [0.2, 0.25) is 11.8 Å². The Labute approximate surface area is 147 Å². The molecule has 0 saturated carbocycles. The van der Waals surface area contributed by atoms with E-state index in [2.05, 4.69) is 30.2 Å². The van der Waals surface area contributed by atoms with E-state index in [-0.39, 0.29) is 5.88 Å². The number of hydrogen-bond donors (Lipinski definition) is 0. The third kappa shape index (κ3) is 4.08. The summed E-state index contributed by atoms with van der Waals surface area (Å²) in [6, 6.07) is 4.93. The molecule has 0 unspecified atom stereocenters. The van der Waals surface area contributed by atoms with Crippen molar-refractivity contribution in [1.29, 1.82) is 0 Å². The molecule has 10 heteroatoms. The zero-order valence-corrected chi connectivity index (χ0v) is 14.1. The maximum absolute atomic E-state index is 12.4. The highest BCUT2D eigenvalue weighted by Crippen LogP contribution is 2.31. The second-order valence-corrected chi connectivity index (χ2v) is 5.27. The van der Waals surface area contributed by atoms with Crippen LogP contribution >= 0.6 is 0 Å². The summed E-state index contributed by atoms with van der Waals surface area (Å²) >= 11 is 0. The van der Waals surface area contributed by atoms with Crippen molar-refractivity contribution in [1.82, 2.24) is 30.2 Å². The average molecular weight is 362 g/mol. The van der Waals surface area contributed by atoms with Crippen LogP contribution in [0.5, 0.6) is 11.8 Å². The average Bonchev–Trinajstić information content (AvgIpc) is 3.01. The molecule has 0 N–H and O–H groups in total. The highest BCUT2D eigenvalue weighted by Gasteiger charge is 2.13. The number of pyridine rings is 2. The van der Waals surface area contributed by atoms with Crippen LogP contribution in [0.3, 0.4) is 0 Å². The second kappa shape index (κ2) is 7.81. The van der Waals surface area contributed by atoms with Crippen LogP contribution in [0.25, 0.3) is 11.1 Å². The normalized spacial score (nSPS) is 11.0. The smallest absolute Gasteiger partial charge is 0.388 e. The molecule has 0 spiro atoms. The Morgan fingerprint density at radius 3 is 2.77 bits per heavy atom. The molecule has 0 amide bonds. The van der Waals surface area contributed by atoms with Crippen LogP contribution in [0.1, 0.15) is 18.3 Å². The van der Waals surface area contributed by atoms with Crippen molar-refractivity contribution < 1.29 is 18.3 Å². The van der Waals surface area contributed by atoms with Crippen LogP contribution < -0.4 is 9.47 Å². The van der Waals surface area contributed by atoms with Gasteiger partial charge in [-0.15, -0.1) is 5.10 Å². The first-order chi connectivity index (χ1) is 12.6. The molecular formula is C16H16F2N6O2. The van der Waals surface area contributed by atoms with Gasteiger partial charge in [-0.1, -0.05) is 0 Å². The summed E-state index contributed by atoms with van der Waals surface area (Å²) in [5, 5.41) is 11.3. The van der Waals surface area contributed by atoms with Crippen LogP contribution in [-0.2, 0) is 6.54 Å². The van der Waals surface area contributed by atoms with E-state index in [9.17, 15) is 8.78 Å². The molecular weight excluding hydrogens is 346 g/mol. The fraction of sp³-hybridized carbons (Fsp3) is 0.312. The number of halogens is 2. The monoisotopic (exact) mass is 362 g/mol. The SMILES string of the molecule is CCOc1ncc(Cn2nnnc2C)cc1-c1ccnc(OC(F)F)c1. The van der Waals surface area contributed by atoms with E-state index in [1.165, 1.54) is 12.3 Å². The molecule has 0 bridgehead atoms. The van der Waals surface area contributed by atoms with Gasteiger partial charge >= 0.3 is 6.61 Å². The van der Waals surface area contributed by atoms with Crippen LogP contribution in [-0.4, -0.2) is 43.4 Å². The van der Waals surface area contributed by atoms with Crippen LogP contribution in [0.2, 0.25) is 0 Å². The first-order valence-corrected chi connectivity index (χ1v) is 7.82. The van der Waals surface area contributed by atoms with Gasteiger partial charge in [-0.3, -0.25) is 0 Å². The maximum atomic E-state index is 12.4. The van der Waals surface area contributed by atoms with Gasteiger partial charge in [0, 0.05) is 24.0 Å². The van der Waals surface area contributed by atoms with E-state index < -0.39 is 6.61 Å². The Morgan fingerprint density at radius 2 is 2.08 bits per heavy atom. The van der Waals surface area contributed by atoms with E-state index in [0.29, 0.717) is 36.0 Å². The van der Waals surface area contributed by atoms with Crippen molar-refractivity contribution in [2.24, 2.45) is 0 Å². The summed E-state index contributed by atoms with van der Waals surface area (Å²) < 4.78 is 36.4. The lowest BCUT2D eigenvalue weighted by atomic mass is 10.1. The molecule has 0 saturated heterocycles. The zero-order valence-electron chi connectivity index (χ0n) is 14.1. The molecule has 3 aromatic rings. The zero-order chi connectivity index (χ0) is 18.5. The van der Waals surface area contributed by atoms with Crippen molar-refractivity contribution in [2.45, 2.75) is 27.0 Å². The molecule has 0 radical (unpaired) electrons. The van der Waals surface area contributed by atoms with Gasteiger partial charge in [0.25, 0.3) is 0 Å². The van der Waals surface area contributed by atoms with Gasteiger partial charge in [-0.25, -0.2) is 14.6 Å². The van der Waals surface area contributed by atoms with E-state index in [4.69, 9.17) is 4.74 Å². The molecule has 0 aromatic carbocycles. The molecule has 3 rings (SSSR count). The third-order valence-corrected chi connectivity index (χ3v) is 3.49. The molecule has 26 heavy (non-hydrogen) atoms. The lowest BCUT2D eigenvalue weighted by molar-refractivity contribution is -0.0528. The van der Waals surface area contributed by atoms with Crippen molar-refractivity contribution in [3.05, 3.63) is 42.0 Å². The van der Waals surface area contributed by atoms with Gasteiger partial charge in [0.05, 0.1) is 13.2 Å². The third-order valence-electron chi connectivity index (χ3n) is 3.49. The Hall–Kier alpha value is -3.17. The maximum Gasteiger partial charge on any atom is 0.388 e. The summed E-state index contributed by atoms with van der Waals surface area (Å²) in [6.45, 7) is 1.51. The fourth-order valence-electron chi connectivity index (χ4n) is 2.34. The standard InChI is InChI=1S/C16H16F2N6O2/c1-3-25-15-13(12-4-5-19-14(7-12)26-16(17)18)6-11(8-20-15)9-24-10(2)21-22-23-24/h4-8,16H,3,9H2,1-2H3. The number of tetrazole rings is 1. The number of hydrogen-bond acceptors (Lipinski definition) is 7. The number of rotatable bonds is 7. The van der Waals surface area contributed by atoms with Crippen LogP contribution in [0.15, 0.2) is 30.6 Å². The Balaban J connectivity index is 1.98. The molecule has 0 aliphatic rings. The highest BCUT2D eigenvalue weighted by molar-refractivity contribution is 5.69. The molecule has 8 nitrogen and oxygen atoms in total. The van der Waals surface area contributed by atoms with E-state index >= 15 is 0 Å². The highest BCUT2D eigenvalue weighted by atomic mass is 19.3. The van der Waals surface area contributed by atoms with E-state index in [1.807, 2.05) is 13.0 Å².